The molecule has 0 N–H and O–H groups in total. The van der Waals surface area contributed by atoms with E-state index in [0.717, 1.165) is 22.5 Å². The Morgan fingerprint density at radius 3 is 2.73 bits per heavy atom. The van der Waals surface area contributed by atoms with Gasteiger partial charge in [-0.05, 0) is 25.1 Å². The zero-order valence-electron chi connectivity index (χ0n) is 13.6. The lowest BCUT2D eigenvalue weighted by Gasteiger charge is -1.96. The predicted molar refractivity (Wildman–Crippen MR) is 99.2 cm³/mol. The molecule has 0 fully saturated rings. The van der Waals surface area contributed by atoms with Crippen molar-refractivity contribution in [2.45, 2.75) is 6.92 Å². The lowest BCUT2D eigenvalue weighted by molar-refractivity contribution is -0.385. The molecule has 0 saturated heterocycles. The maximum Gasteiger partial charge on any atom is 0.291 e. The summed E-state index contributed by atoms with van der Waals surface area (Å²) in [4.78, 5) is 28.1. The van der Waals surface area contributed by atoms with Crippen LogP contribution in [0.1, 0.15) is 11.1 Å². The topological polar surface area (TPSA) is 90.4 Å². The summed E-state index contributed by atoms with van der Waals surface area (Å²) in [5.74, 6) is 0.481. The molecular formula is C18H12N4O3S. The van der Waals surface area contributed by atoms with Crippen molar-refractivity contribution in [3.8, 4) is 11.4 Å². The second-order valence-electron chi connectivity index (χ2n) is 5.73. The van der Waals surface area contributed by atoms with Crippen LogP contribution in [0.2, 0.25) is 0 Å². The minimum absolute atomic E-state index is 0.0497. The smallest absolute Gasteiger partial charge is 0.266 e. The van der Waals surface area contributed by atoms with E-state index in [1.54, 1.807) is 18.2 Å². The van der Waals surface area contributed by atoms with E-state index in [-0.39, 0.29) is 11.2 Å². The van der Waals surface area contributed by atoms with Gasteiger partial charge in [0.2, 0.25) is 4.96 Å². The average Bonchev–Trinajstić information content (AvgIpc) is 3.15. The molecule has 4 rings (SSSR count). The molecule has 0 amide bonds. The van der Waals surface area contributed by atoms with Gasteiger partial charge >= 0.3 is 0 Å². The SMILES string of the molecule is Cc1cccc(-c2nc3s/c(=C\c4ccccc4[N+](=O)[O-])c(=O)n3n2)c1. The Morgan fingerprint density at radius 1 is 1.19 bits per heavy atom. The van der Waals surface area contributed by atoms with Crippen molar-refractivity contribution >= 4 is 28.1 Å². The summed E-state index contributed by atoms with van der Waals surface area (Å²) >= 11 is 1.16. The van der Waals surface area contributed by atoms with Crippen molar-refractivity contribution in [2.24, 2.45) is 0 Å². The van der Waals surface area contributed by atoms with E-state index in [0.29, 0.717) is 20.9 Å². The van der Waals surface area contributed by atoms with Crippen LogP contribution in [0.15, 0.2) is 53.3 Å². The Kier molecular flexibility index (Phi) is 3.81. The zero-order valence-corrected chi connectivity index (χ0v) is 14.4. The number of nitro groups is 1. The minimum Gasteiger partial charge on any atom is -0.266 e. The number of aryl methyl sites for hydroxylation is 1. The number of benzene rings is 2. The summed E-state index contributed by atoms with van der Waals surface area (Å²) in [6.07, 6.45) is 1.51. The van der Waals surface area contributed by atoms with E-state index in [2.05, 4.69) is 10.1 Å². The van der Waals surface area contributed by atoms with Crippen LogP contribution in [-0.4, -0.2) is 19.5 Å². The van der Waals surface area contributed by atoms with Crippen LogP contribution in [0.4, 0.5) is 5.69 Å². The van der Waals surface area contributed by atoms with Gasteiger partial charge in [0.05, 0.1) is 15.0 Å². The number of aromatic nitrogens is 3. The van der Waals surface area contributed by atoms with Crippen LogP contribution < -0.4 is 10.1 Å². The van der Waals surface area contributed by atoms with Crippen LogP contribution in [-0.2, 0) is 0 Å². The first-order valence-electron chi connectivity index (χ1n) is 7.75. The van der Waals surface area contributed by atoms with Gasteiger partial charge in [0.1, 0.15) is 0 Å². The molecule has 2 aromatic heterocycles. The van der Waals surface area contributed by atoms with E-state index in [9.17, 15) is 14.9 Å². The van der Waals surface area contributed by atoms with E-state index < -0.39 is 4.92 Å². The van der Waals surface area contributed by atoms with Gasteiger partial charge in [-0.2, -0.15) is 9.50 Å². The first-order valence-corrected chi connectivity index (χ1v) is 8.56. The number of nitrogens with zero attached hydrogens (tertiary/aromatic N) is 4. The second kappa shape index (κ2) is 6.16. The molecule has 26 heavy (non-hydrogen) atoms. The third-order valence-corrected chi connectivity index (χ3v) is 4.84. The molecule has 4 aromatic rings. The summed E-state index contributed by atoms with van der Waals surface area (Å²) in [7, 11) is 0. The molecule has 0 aliphatic rings. The molecule has 0 aliphatic carbocycles. The number of nitro benzene ring substituents is 1. The van der Waals surface area contributed by atoms with Crippen molar-refractivity contribution in [2.75, 3.05) is 0 Å². The first kappa shape index (κ1) is 16.1. The van der Waals surface area contributed by atoms with Crippen molar-refractivity contribution < 1.29 is 4.92 Å². The molecule has 7 nitrogen and oxygen atoms in total. The molecule has 0 radical (unpaired) electrons. The van der Waals surface area contributed by atoms with Crippen LogP contribution in [0.5, 0.6) is 0 Å². The third-order valence-electron chi connectivity index (χ3n) is 3.88. The summed E-state index contributed by atoms with van der Waals surface area (Å²) in [6.45, 7) is 1.97. The van der Waals surface area contributed by atoms with Crippen LogP contribution in [0, 0.1) is 17.0 Å². The summed E-state index contributed by atoms with van der Waals surface area (Å²) in [5, 5.41) is 15.4. The minimum atomic E-state index is -0.469. The van der Waals surface area contributed by atoms with Gasteiger partial charge in [-0.3, -0.25) is 14.9 Å². The molecule has 0 unspecified atom stereocenters. The highest BCUT2D eigenvalue weighted by atomic mass is 32.1. The van der Waals surface area contributed by atoms with Gasteiger partial charge in [0.15, 0.2) is 5.82 Å². The standard InChI is InChI=1S/C18H12N4O3S/c1-11-5-4-7-13(9-11)16-19-18-21(20-16)17(23)15(26-18)10-12-6-2-3-8-14(12)22(24)25/h2-10H,1H3/b15-10-. The van der Waals surface area contributed by atoms with Crippen molar-refractivity contribution in [1.82, 2.24) is 14.6 Å². The highest BCUT2D eigenvalue weighted by Crippen LogP contribution is 2.19. The number of fused-ring (bicyclic) bond motifs is 1. The molecule has 2 aromatic carbocycles. The maximum absolute atomic E-state index is 12.6. The monoisotopic (exact) mass is 364 g/mol. The number of hydrogen-bond acceptors (Lipinski definition) is 6. The molecule has 0 bridgehead atoms. The fourth-order valence-electron chi connectivity index (χ4n) is 2.66. The summed E-state index contributed by atoms with van der Waals surface area (Å²) in [6, 6.07) is 14.0. The van der Waals surface area contributed by atoms with Gasteiger partial charge < -0.3 is 0 Å². The quantitative estimate of drug-likeness (QED) is 0.412. The molecule has 0 spiro atoms. The average molecular weight is 364 g/mol. The highest BCUT2D eigenvalue weighted by Gasteiger charge is 2.14. The van der Waals surface area contributed by atoms with Crippen LogP contribution in [0.3, 0.4) is 0 Å². The van der Waals surface area contributed by atoms with E-state index in [4.69, 9.17) is 0 Å². The molecule has 0 atom stereocenters. The third kappa shape index (κ3) is 2.76. The summed E-state index contributed by atoms with van der Waals surface area (Å²) < 4.78 is 1.59. The molecule has 0 aliphatic heterocycles. The van der Waals surface area contributed by atoms with Gasteiger partial charge in [0.25, 0.3) is 11.2 Å². The van der Waals surface area contributed by atoms with Gasteiger partial charge in [-0.1, -0.05) is 47.2 Å². The fraction of sp³-hybridized carbons (Fsp3) is 0.0556. The Morgan fingerprint density at radius 2 is 2.00 bits per heavy atom. The van der Waals surface area contributed by atoms with Crippen molar-refractivity contribution in [3.05, 3.63) is 84.7 Å². The lowest BCUT2D eigenvalue weighted by atomic mass is 10.1. The Bertz CT molecular complexity index is 1260. The Hall–Kier alpha value is -3.39. The normalized spacial score (nSPS) is 12.0. The maximum atomic E-state index is 12.6. The van der Waals surface area contributed by atoms with E-state index >= 15 is 0 Å². The zero-order chi connectivity index (χ0) is 18.3. The first-order chi connectivity index (χ1) is 12.5. The second-order valence-corrected chi connectivity index (χ2v) is 6.74. The van der Waals surface area contributed by atoms with Crippen LogP contribution in [0.25, 0.3) is 22.4 Å². The highest BCUT2D eigenvalue weighted by molar-refractivity contribution is 7.15. The van der Waals surface area contributed by atoms with Crippen LogP contribution >= 0.6 is 11.3 Å². The van der Waals surface area contributed by atoms with Gasteiger partial charge in [-0.25, -0.2) is 0 Å². The molecule has 2 heterocycles. The van der Waals surface area contributed by atoms with Crippen molar-refractivity contribution in [3.63, 3.8) is 0 Å². The Labute approximate surface area is 151 Å². The Balaban J connectivity index is 1.85. The fourth-order valence-corrected chi connectivity index (χ4v) is 3.56. The number of rotatable bonds is 3. The van der Waals surface area contributed by atoms with Gasteiger partial charge in [-0.15, -0.1) is 5.10 Å². The predicted octanol–water partition coefficient (Wildman–Crippen LogP) is 2.58. The molecular weight excluding hydrogens is 352 g/mol. The van der Waals surface area contributed by atoms with E-state index in [1.165, 1.54) is 16.7 Å². The largest absolute Gasteiger partial charge is 0.291 e. The number of thiazole rings is 1. The number of para-hydroxylation sites is 1. The summed E-state index contributed by atoms with van der Waals surface area (Å²) in [5.41, 5.74) is 1.90. The number of hydrogen-bond donors (Lipinski definition) is 0. The van der Waals surface area contributed by atoms with E-state index in [1.807, 2.05) is 31.2 Å². The van der Waals surface area contributed by atoms with Crippen molar-refractivity contribution in [1.29, 1.82) is 0 Å². The lowest BCUT2D eigenvalue weighted by Crippen LogP contribution is -2.23. The molecule has 0 saturated carbocycles. The molecule has 128 valence electrons. The molecule has 8 heteroatoms. The van der Waals surface area contributed by atoms with Gasteiger partial charge in [0, 0.05) is 11.6 Å².